The van der Waals surface area contributed by atoms with Gasteiger partial charge < -0.3 is 0 Å². The number of sulfone groups is 1. The van der Waals surface area contributed by atoms with Crippen LogP contribution in [0.5, 0.6) is 0 Å². The molecular weight excluding hydrogens is 212 g/mol. The molecule has 0 aliphatic rings. The minimum atomic E-state index is -2.78. The van der Waals surface area contributed by atoms with Crippen molar-refractivity contribution in [3.8, 4) is 0 Å². The molecule has 0 rings (SSSR count). The maximum atomic E-state index is 10.7. The molecule has 0 heterocycles. The van der Waals surface area contributed by atoms with E-state index in [1.165, 1.54) is 6.26 Å². The lowest BCUT2D eigenvalue weighted by Crippen LogP contribution is -2.05. The van der Waals surface area contributed by atoms with Gasteiger partial charge in [0.05, 0.1) is 5.75 Å². The van der Waals surface area contributed by atoms with Crippen LogP contribution in [-0.2, 0) is 9.84 Å². The third-order valence-electron chi connectivity index (χ3n) is 1.08. The van der Waals surface area contributed by atoms with Crippen molar-refractivity contribution >= 4 is 34.2 Å². The van der Waals surface area contributed by atoms with Gasteiger partial charge in [-0.05, 0) is 0 Å². The average Bonchev–Trinajstić information content (AvgIpc) is 1.94. The van der Waals surface area contributed by atoms with E-state index in [4.69, 9.17) is 0 Å². The zero-order chi connectivity index (χ0) is 9.45. The van der Waals surface area contributed by atoms with Crippen molar-refractivity contribution in [2.45, 2.75) is 0 Å². The Balaban J connectivity index is 3.28. The van der Waals surface area contributed by atoms with E-state index in [0.29, 0.717) is 5.75 Å². The lowest BCUT2D eigenvalue weighted by Gasteiger charge is -1.95. The van der Waals surface area contributed by atoms with Gasteiger partial charge >= 0.3 is 0 Å². The molecule has 12 heavy (non-hydrogen) atoms. The van der Waals surface area contributed by atoms with Crippen LogP contribution in [0.4, 0.5) is 0 Å². The molecule has 0 amide bonds. The van der Waals surface area contributed by atoms with E-state index >= 15 is 0 Å². The van der Waals surface area contributed by atoms with E-state index in [1.807, 2.05) is 12.2 Å². The predicted molar refractivity (Wildman–Crippen MR) is 60.0 cm³/mol. The number of thioether (sulfide) groups is 1. The Morgan fingerprint density at radius 2 is 2.08 bits per heavy atom. The summed E-state index contributed by atoms with van der Waals surface area (Å²) in [6.45, 7) is 0. The highest BCUT2D eigenvalue weighted by atomic mass is 32.2. The molecule has 0 fully saturated rings. The van der Waals surface area contributed by atoms with Crippen LogP contribution in [0.2, 0.25) is 0 Å². The van der Waals surface area contributed by atoms with E-state index in [1.54, 1.807) is 11.8 Å². The van der Waals surface area contributed by atoms with Crippen LogP contribution in [0.25, 0.3) is 0 Å². The maximum absolute atomic E-state index is 10.7. The Hall–Kier alpha value is 0.390. The summed E-state index contributed by atoms with van der Waals surface area (Å²) in [6.07, 6.45) is 5.22. The highest BCUT2D eigenvalue weighted by Crippen LogP contribution is 2.01. The Bertz CT molecular complexity index is 219. The largest absolute Gasteiger partial charge is 0.229 e. The molecule has 0 aromatic heterocycles. The molecule has 0 aromatic rings. The van der Waals surface area contributed by atoms with Crippen molar-refractivity contribution in [1.29, 1.82) is 0 Å². The molecule has 2 nitrogen and oxygen atoms in total. The monoisotopic (exact) mass is 226 g/mol. The zero-order valence-electron chi connectivity index (χ0n) is 7.06. The smallest absolute Gasteiger partial charge is 0.148 e. The van der Waals surface area contributed by atoms with Crippen molar-refractivity contribution in [2.24, 2.45) is 0 Å². The van der Waals surface area contributed by atoms with Crippen LogP contribution in [0.15, 0.2) is 12.2 Å². The average molecular weight is 226 g/mol. The van der Waals surface area contributed by atoms with Gasteiger partial charge in [0, 0.05) is 23.5 Å². The Kier molecular flexibility index (Phi) is 7.08. The number of thiol groups is 1. The minimum Gasteiger partial charge on any atom is -0.229 e. The first-order valence-corrected chi connectivity index (χ1v) is 7.42. The van der Waals surface area contributed by atoms with Crippen LogP contribution in [-0.4, -0.2) is 37.7 Å². The van der Waals surface area contributed by atoms with Gasteiger partial charge in [-0.2, -0.15) is 24.4 Å². The second-order valence-electron chi connectivity index (χ2n) is 2.36. The van der Waals surface area contributed by atoms with Crippen molar-refractivity contribution < 1.29 is 8.42 Å². The Morgan fingerprint density at radius 1 is 1.42 bits per heavy atom. The van der Waals surface area contributed by atoms with Gasteiger partial charge in [-0.15, -0.1) is 0 Å². The fourth-order valence-corrected chi connectivity index (χ4v) is 2.77. The molecule has 0 radical (unpaired) electrons. The standard InChI is InChI=1S/C7H14O2S3/c1-12(8,9)7-6-11-5-3-2-4-10/h2-3,10H,4-7H2,1H3. The SMILES string of the molecule is CS(=O)(=O)CCSCC=CCS. The summed E-state index contributed by atoms with van der Waals surface area (Å²) in [5, 5.41) is 0. The number of hydrogen-bond donors (Lipinski definition) is 1. The van der Waals surface area contributed by atoms with Crippen molar-refractivity contribution in [2.75, 3.05) is 29.3 Å². The summed E-state index contributed by atoms with van der Waals surface area (Å²) in [5.74, 6) is 2.56. The van der Waals surface area contributed by atoms with Gasteiger partial charge in [-0.3, -0.25) is 0 Å². The van der Waals surface area contributed by atoms with E-state index in [-0.39, 0.29) is 5.75 Å². The fourth-order valence-electron chi connectivity index (χ4n) is 0.504. The molecule has 0 aromatic carbocycles. The normalized spacial score (nSPS) is 12.5. The molecule has 0 spiro atoms. The predicted octanol–water partition coefficient (Wildman–Crippen LogP) is 1.25. The molecule has 72 valence electrons. The molecule has 0 saturated heterocycles. The van der Waals surface area contributed by atoms with Gasteiger partial charge in [0.25, 0.3) is 0 Å². The lowest BCUT2D eigenvalue weighted by atomic mass is 10.6. The quantitative estimate of drug-likeness (QED) is 0.420. The molecule has 0 atom stereocenters. The fraction of sp³-hybridized carbons (Fsp3) is 0.714. The molecule has 0 unspecified atom stereocenters. The summed E-state index contributed by atoms with van der Waals surface area (Å²) in [5.41, 5.74) is 0. The molecule has 0 aliphatic carbocycles. The molecular formula is C7H14O2S3. The molecule has 0 aliphatic heterocycles. The van der Waals surface area contributed by atoms with Crippen molar-refractivity contribution in [3.05, 3.63) is 12.2 Å². The first kappa shape index (κ1) is 12.4. The van der Waals surface area contributed by atoms with Crippen LogP contribution >= 0.6 is 24.4 Å². The third-order valence-corrected chi connectivity index (χ3v) is 3.42. The summed E-state index contributed by atoms with van der Waals surface area (Å²) >= 11 is 5.62. The van der Waals surface area contributed by atoms with E-state index in [2.05, 4.69) is 12.6 Å². The van der Waals surface area contributed by atoms with Gasteiger partial charge in [-0.1, -0.05) is 12.2 Å². The summed E-state index contributed by atoms with van der Waals surface area (Å²) in [7, 11) is -2.78. The third kappa shape index (κ3) is 10.4. The second kappa shape index (κ2) is 6.86. The van der Waals surface area contributed by atoms with E-state index in [9.17, 15) is 8.42 Å². The first-order valence-electron chi connectivity index (χ1n) is 3.57. The van der Waals surface area contributed by atoms with Crippen LogP contribution in [0, 0.1) is 0 Å². The maximum Gasteiger partial charge on any atom is 0.148 e. The van der Waals surface area contributed by atoms with Crippen LogP contribution in [0.3, 0.4) is 0 Å². The van der Waals surface area contributed by atoms with Gasteiger partial charge in [-0.25, -0.2) is 8.42 Å². The molecule has 5 heteroatoms. The summed E-state index contributed by atoms with van der Waals surface area (Å²) in [6, 6.07) is 0. The Morgan fingerprint density at radius 3 is 2.58 bits per heavy atom. The summed E-state index contributed by atoms with van der Waals surface area (Å²) < 4.78 is 21.4. The molecule has 0 bridgehead atoms. The number of rotatable bonds is 6. The highest BCUT2D eigenvalue weighted by molar-refractivity contribution is 8.00. The van der Waals surface area contributed by atoms with Gasteiger partial charge in [0.1, 0.15) is 9.84 Å². The van der Waals surface area contributed by atoms with E-state index in [0.717, 1.165) is 11.5 Å². The number of hydrogen-bond acceptors (Lipinski definition) is 4. The van der Waals surface area contributed by atoms with Crippen LogP contribution < -0.4 is 0 Å². The first-order chi connectivity index (χ1) is 5.56. The van der Waals surface area contributed by atoms with Crippen molar-refractivity contribution in [1.82, 2.24) is 0 Å². The van der Waals surface area contributed by atoms with Crippen molar-refractivity contribution in [3.63, 3.8) is 0 Å². The van der Waals surface area contributed by atoms with Crippen LogP contribution in [0.1, 0.15) is 0 Å². The van der Waals surface area contributed by atoms with Gasteiger partial charge in [0.15, 0.2) is 0 Å². The summed E-state index contributed by atoms with van der Waals surface area (Å²) in [4.78, 5) is 0. The van der Waals surface area contributed by atoms with E-state index < -0.39 is 9.84 Å². The lowest BCUT2D eigenvalue weighted by molar-refractivity contribution is 0.603. The minimum absolute atomic E-state index is 0.270. The molecule has 0 saturated carbocycles. The highest BCUT2D eigenvalue weighted by Gasteiger charge is 1.99. The molecule has 0 N–H and O–H groups in total. The topological polar surface area (TPSA) is 34.1 Å². The zero-order valence-corrected chi connectivity index (χ0v) is 9.59. The Labute approximate surface area is 84.1 Å². The second-order valence-corrected chi connectivity index (χ2v) is 6.13. The van der Waals surface area contributed by atoms with Gasteiger partial charge in [0.2, 0.25) is 0 Å².